The van der Waals surface area contributed by atoms with Crippen molar-refractivity contribution >= 4 is 5.91 Å². The number of carbonyl (C=O) groups is 1. The first-order chi connectivity index (χ1) is 26.7. The molecule has 0 bridgehead atoms. The number of hydrogen-bond acceptors (Lipinski definition) is 10. The van der Waals surface area contributed by atoms with Crippen LogP contribution in [0.5, 0.6) is 0 Å². The van der Waals surface area contributed by atoms with E-state index in [1.807, 2.05) is 0 Å². The molecule has 1 rings (SSSR count). The maximum atomic E-state index is 13.0. The first kappa shape index (κ1) is 51.6. The molecule has 1 aliphatic heterocycles. The lowest BCUT2D eigenvalue weighted by Gasteiger charge is -2.40. The predicted octanol–water partition coefficient (Wildman–Crippen LogP) is 6.67. The van der Waals surface area contributed by atoms with Gasteiger partial charge in [0, 0.05) is 0 Å². The number of nitrogens with one attached hydrogen (secondary N) is 1. The molecule has 11 heteroatoms. The van der Waals surface area contributed by atoms with E-state index in [9.17, 15) is 40.5 Å². The number of aliphatic hydroxyl groups excluding tert-OH is 7. The maximum Gasteiger partial charge on any atom is 0.249 e. The molecule has 324 valence electrons. The van der Waals surface area contributed by atoms with Gasteiger partial charge < -0.3 is 50.5 Å². The fraction of sp³-hybridized carbons (Fsp3) is 0.886. The molecule has 0 radical (unpaired) electrons. The minimum Gasteiger partial charge on any atom is -0.394 e. The Morgan fingerprint density at radius 2 is 1.09 bits per heavy atom. The van der Waals surface area contributed by atoms with E-state index in [0.29, 0.717) is 12.8 Å². The minimum atomic E-state index is -1.67. The molecule has 9 unspecified atom stereocenters. The second kappa shape index (κ2) is 34.6. The van der Waals surface area contributed by atoms with Gasteiger partial charge in [0.25, 0.3) is 0 Å². The van der Waals surface area contributed by atoms with Gasteiger partial charge in [0.1, 0.15) is 36.6 Å². The van der Waals surface area contributed by atoms with Crippen molar-refractivity contribution in [3.8, 4) is 0 Å². The van der Waals surface area contributed by atoms with Crippen molar-refractivity contribution < 1.29 is 50.0 Å². The normalized spacial score (nSPS) is 22.7. The average Bonchev–Trinajstić information content (AvgIpc) is 3.18. The van der Waals surface area contributed by atoms with Crippen molar-refractivity contribution in [2.24, 2.45) is 0 Å². The third-order valence-electron chi connectivity index (χ3n) is 10.7. The quantitative estimate of drug-likeness (QED) is 0.0252. The van der Waals surface area contributed by atoms with Gasteiger partial charge in [-0.15, -0.1) is 0 Å². The predicted molar refractivity (Wildman–Crippen MR) is 219 cm³/mol. The van der Waals surface area contributed by atoms with E-state index >= 15 is 0 Å². The lowest BCUT2D eigenvalue weighted by Crippen LogP contribution is -2.60. The van der Waals surface area contributed by atoms with Crippen LogP contribution in [0, 0.1) is 0 Å². The highest BCUT2D eigenvalue weighted by atomic mass is 16.7. The first-order valence-electron chi connectivity index (χ1n) is 22.2. The standard InChI is InChI=1S/C44H83NO10/c1-3-5-7-9-11-13-15-16-17-18-19-20-21-22-24-25-27-29-31-36(47)39(49)35(34-54-44-42(52)41(51)40(50)38(33-46)55-44)45-43(53)37(48)32-30-28-26-23-14-12-10-8-6-4-2/h10,12,24-25,35-42,44,46-52H,3-9,11,13-23,26-34H2,1-2H3,(H,45,53)/b12-10-,25-24+. The molecular formula is C44H83NO10. The average molecular weight is 786 g/mol. The van der Waals surface area contributed by atoms with E-state index in [-0.39, 0.29) is 12.8 Å². The second-order valence-corrected chi connectivity index (χ2v) is 15.8. The highest BCUT2D eigenvalue weighted by Gasteiger charge is 2.44. The van der Waals surface area contributed by atoms with Crippen LogP contribution in [0.2, 0.25) is 0 Å². The molecule has 11 nitrogen and oxygen atoms in total. The monoisotopic (exact) mass is 786 g/mol. The van der Waals surface area contributed by atoms with Crippen LogP contribution in [0.3, 0.4) is 0 Å². The number of hydrogen-bond donors (Lipinski definition) is 8. The molecule has 0 aromatic heterocycles. The highest BCUT2D eigenvalue weighted by Crippen LogP contribution is 2.23. The molecule has 0 aromatic carbocycles. The zero-order valence-corrected chi connectivity index (χ0v) is 34.7. The van der Waals surface area contributed by atoms with Crippen LogP contribution in [-0.2, 0) is 14.3 Å². The van der Waals surface area contributed by atoms with Gasteiger partial charge in [-0.3, -0.25) is 4.79 Å². The van der Waals surface area contributed by atoms with Crippen molar-refractivity contribution in [1.82, 2.24) is 5.32 Å². The van der Waals surface area contributed by atoms with Gasteiger partial charge in [-0.1, -0.05) is 147 Å². The lowest BCUT2D eigenvalue weighted by molar-refractivity contribution is -0.303. The molecule has 1 fully saturated rings. The van der Waals surface area contributed by atoms with Crippen LogP contribution in [0.15, 0.2) is 24.3 Å². The van der Waals surface area contributed by atoms with E-state index in [0.717, 1.165) is 51.4 Å². The number of aliphatic hydroxyl groups is 7. The largest absolute Gasteiger partial charge is 0.394 e. The Morgan fingerprint density at radius 1 is 0.618 bits per heavy atom. The Morgan fingerprint density at radius 3 is 1.62 bits per heavy atom. The Balaban J connectivity index is 2.49. The number of rotatable bonds is 36. The van der Waals surface area contributed by atoms with E-state index in [1.54, 1.807) is 0 Å². The molecule has 0 aromatic rings. The van der Waals surface area contributed by atoms with Crippen LogP contribution >= 0.6 is 0 Å². The number of ether oxygens (including phenoxy) is 2. The Labute approximate surface area is 334 Å². The van der Waals surface area contributed by atoms with E-state index in [2.05, 4.69) is 43.5 Å². The summed E-state index contributed by atoms with van der Waals surface area (Å²) in [6, 6.07) is -1.19. The molecule has 0 aliphatic carbocycles. The molecule has 1 amide bonds. The number of carbonyl (C=O) groups excluding carboxylic acids is 1. The molecule has 1 aliphatic rings. The summed E-state index contributed by atoms with van der Waals surface area (Å²) in [5, 5.41) is 75.4. The Kier molecular flexibility index (Phi) is 32.5. The molecule has 1 saturated heterocycles. The van der Waals surface area contributed by atoms with Crippen molar-refractivity contribution in [3.63, 3.8) is 0 Å². The SMILES string of the molecule is CCCC/C=C\CCCCCCC(O)C(=O)NC(COC1OC(CO)C(O)C(O)C1O)C(O)C(O)CCC/C=C/CCCCCCCCCCCCCCC. The summed E-state index contributed by atoms with van der Waals surface area (Å²) < 4.78 is 11.0. The van der Waals surface area contributed by atoms with Gasteiger partial charge in [-0.05, 0) is 57.8 Å². The fourth-order valence-electron chi connectivity index (χ4n) is 6.95. The van der Waals surface area contributed by atoms with Crippen molar-refractivity contribution in [3.05, 3.63) is 24.3 Å². The molecule has 55 heavy (non-hydrogen) atoms. The Bertz CT molecular complexity index is 950. The van der Waals surface area contributed by atoms with Gasteiger partial charge >= 0.3 is 0 Å². The third-order valence-corrected chi connectivity index (χ3v) is 10.7. The summed E-state index contributed by atoms with van der Waals surface area (Å²) in [5.41, 5.74) is 0. The minimum absolute atomic E-state index is 0.239. The number of amides is 1. The zero-order valence-electron chi connectivity index (χ0n) is 34.7. The molecule has 9 atom stereocenters. The molecular weight excluding hydrogens is 702 g/mol. The first-order valence-corrected chi connectivity index (χ1v) is 22.2. The fourth-order valence-corrected chi connectivity index (χ4v) is 6.95. The Hall–Kier alpha value is -1.41. The topological polar surface area (TPSA) is 189 Å². The van der Waals surface area contributed by atoms with Crippen LogP contribution in [0.1, 0.15) is 181 Å². The van der Waals surface area contributed by atoms with Crippen molar-refractivity contribution in [2.75, 3.05) is 13.2 Å². The smallest absolute Gasteiger partial charge is 0.249 e. The van der Waals surface area contributed by atoms with Crippen LogP contribution < -0.4 is 5.32 Å². The summed E-state index contributed by atoms with van der Waals surface area (Å²) in [7, 11) is 0. The van der Waals surface area contributed by atoms with E-state index < -0.39 is 74.2 Å². The van der Waals surface area contributed by atoms with Crippen LogP contribution in [0.4, 0.5) is 0 Å². The summed E-state index contributed by atoms with van der Waals surface area (Å²) in [6.45, 7) is 3.36. The molecule has 8 N–H and O–H groups in total. The summed E-state index contributed by atoms with van der Waals surface area (Å²) in [4.78, 5) is 13.0. The van der Waals surface area contributed by atoms with Crippen LogP contribution in [-0.4, -0.2) is 110 Å². The van der Waals surface area contributed by atoms with Gasteiger partial charge in [-0.2, -0.15) is 0 Å². The zero-order chi connectivity index (χ0) is 40.5. The van der Waals surface area contributed by atoms with Crippen LogP contribution in [0.25, 0.3) is 0 Å². The van der Waals surface area contributed by atoms with Crippen molar-refractivity contribution in [1.29, 1.82) is 0 Å². The third kappa shape index (κ3) is 24.9. The number of allylic oxidation sites excluding steroid dienone is 4. The van der Waals surface area contributed by atoms with Gasteiger partial charge in [-0.25, -0.2) is 0 Å². The molecule has 1 heterocycles. The summed E-state index contributed by atoms with van der Waals surface area (Å²) in [6.07, 6.45) is 25.3. The summed E-state index contributed by atoms with van der Waals surface area (Å²) >= 11 is 0. The van der Waals surface area contributed by atoms with E-state index in [1.165, 1.54) is 89.9 Å². The maximum absolute atomic E-state index is 13.0. The van der Waals surface area contributed by atoms with Crippen molar-refractivity contribution in [2.45, 2.75) is 236 Å². The van der Waals surface area contributed by atoms with Gasteiger partial charge in [0.15, 0.2) is 6.29 Å². The lowest BCUT2D eigenvalue weighted by atomic mass is 9.98. The second-order valence-electron chi connectivity index (χ2n) is 15.8. The van der Waals surface area contributed by atoms with Gasteiger partial charge in [0.05, 0.1) is 25.4 Å². The summed E-state index contributed by atoms with van der Waals surface area (Å²) in [5.74, 6) is -0.719. The molecule has 0 spiro atoms. The number of unbranched alkanes of at least 4 members (excludes halogenated alkanes) is 20. The van der Waals surface area contributed by atoms with E-state index in [4.69, 9.17) is 9.47 Å². The highest BCUT2D eigenvalue weighted by molar-refractivity contribution is 5.80. The van der Waals surface area contributed by atoms with Gasteiger partial charge in [0.2, 0.25) is 5.91 Å². The molecule has 0 saturated carbocycles.